The third-order valence-electron chi connectivity index (χ3n) is 6.83. The number of Topliss-reactive ketones (excluding diaryl/α,β-unsaturated/α-hetero) is 2. The number of nitrogens with zero attached hydrogens (tertiary/aromatic N) is 2. The van der Waals surface area contributed by atoms with Crippen LogP contribution in [0.2, 0.25) is 5.02 Å². The van der Waals surface area contributed by atoms with Crippen LogP contribution in [-0.4, -0.2) is 49.2 Å². The van der Waals surface area contributed by atoms with Gasteiger partial charge in [-0.1, -0.05) is 78.3 Å². The molecule has 32 heavy (non-hydrogen) atoms. The SMILES string of the molecule is O=C1c2ccccc2C(=O)C1(CCN1CCN(c2ccccc2Cl)CC1)c1ccccc1. The molecule has 0 aromatic heterocycles. The zero-order valence-electron chi connectivity index (χ0n) is 17.8. The monoisotopic (exact) mass is 444 g/mol. The fraction of sp³-hybridized carbons (Fsp3) is 0.259. The number of halogens is 1. The summed E-state index contributed by atoms with van der Waals surface area (Å²) in [6, 6.07) is 24.7. The molecule has 162 valence electrons. The van der Waals surface area contributed by atoms with Gasteiger partial charge in [-0.2, -0.15) is 0 Å². The Morgan fingerprint density at radius 3 is 1.91 bits per heavy atom. The van der Waals surface area contributed by atoms with Crippen molar-refractivity contribution < 1.29 is 9.59 Å². The molecule has 0 bridgehead atoms. The van der Waals surface area contributed by atoms with Gasteiger partial charge < -0.3 is 4.90 Å². The van der Waals surface area contributed by atoms with Crippen LogP contribution in [0.15, 0.2) is 78.9 Å². The van der Waals surface area contributed by atoms with Crippen molar-refractivity contribution in [2.75, 3.05) is 37.6 Å². The Labute approximate surface area is 193 Å². The quantitative estimate of drug-likeness (QED) is 0.526. The highest BCUT2D eigenvalue weighted by atomic mass is 35.5. The molecule has 0 unspecified atom stereocenters. The predicted molar refractivity (Wildman–Crippen MR) is 128 cm³/mol. The number of fused-ring (bicyclic) bond motifs is 1. The maximum absolute atomic E-state index is 13.6. The Morgan fingerprint density at radius 1 is 0.719 bits per heavy atom. The van der Waals surface area contributed by atoms with Crippen LogP contribution in [0.1, 0.15) is 32.7 Å². The van der Waals surface area contributed by atoms with E-state index in [4.69, 9.17) is 11.6 Å². The lowest BCUT2D eigenvalue weighted by Gasteiger charge is -2.38. The number of anilines is 1. The minimum Gasteiger partial charge on any atom is -0.368 e. The molecule has 5 rings (SSSR count). The van der Waals surface area contributed by atoms with E-state index in [2.05, 4.69) is 15.9 Å². The Morgan fingerprint density at radius 2 is 1.28 bits per heavy atom. The van der Waals surface area contributed by atoms with Gasteiger partial charge in [-0.25, -0.2) is 0 Å². The number of carbonyl (C=O) groups is 2. The smallest absolute Gasteiger partial charge is 0.181 e. The summed E-state index contributed by atoms with van der Waals surface area (Å²) in [6.45, 7) is 4.15. The number of para-hydroxylation sites is 1. The molecule has 1 heterocycles. The molecule has 1 aliphatic heterocycles. The Hall–Kier alpha value is -2.95. The molecule has 0 amide bonds. The molecule has 0 radical (unpaired) electrons. The lowest BCUT2D eigenvalue weighted by Crippen LogP contribution is -2.49. The predicted octanol–water partition coefficient (Wildman–Crippen LogP) is 4.87. The summed E-state index contributed by atoms with van der Waals surface area (Å²) in [5, 5.41) is 0.767. The van der Waals surface area contributed by atoms with Gasteiger partial charge in [0.15, 0.2) is 11.6 Å². The summed E-state index contributed by atoms with van der Waals surface area (Å²) in [7, 11) is 0. The van der Waals surface area contributed by atoms with Crippen molar-refractivity contribution in [3.63, 3.8) is 0 Å². The molecule has 2 aliphatic rings. The number of carbonyl (C=O) groups excluding carboxylic acids is 2. The van der Waals surface area contributed by atoms with E-state index in [1.165, 1.54) is 0 Å². The highest BCUT2D eigenvalue weighted by Gasteiger charge is 2.53. The molecule has 1 saturated heterocycles. The second-order valence-electron chi connectivity index (χ2n) is 8.51. The molecule has 3 aromatic rings. The number of hydrogen-bond donors (Lipinski definition) is 0. The van der Waals surface area contributed by atoms with Crippen molar-refractivity contribution in [3.05, 3.63) is 101 Å². The highest BCUT2D eigenvalue weighted by Crippen LogP contribution is 2.42. The topological polar surface area (TPSA) is 40.6 Å². The number of ketones is 2. The van der Waals surface area contributed by atoms with E-state index in [1.54, 1.807) is 12.1 Å². The van der Waals surface area contributed by atoms with Crippen LogP contribution in [0.25, 0.3) is 0 Å². The van der Waals surface area contributed by atoms with Crippen molar-refractivity contribution in [2.45, 2.75) is 11.8 Å². The normalized spacial score (nSPS) is 18.1. The highest BCUT2D eigenvalue weighted by molar-refractivity contribution is 6.33. The minimum absolute atomic E-state index is 0.0704. The first-order chi connectivity index (χ1) is 15.6. The van der Waals surface area contributed by atoms with E-state index in [-0.39, 0.29) is 11.6 Å². The molecule has 0 saturated carbocycles. The maximum Gasteiger partial charge on any atom is 0.181 e. The summed E-state index contributed by atoms with van der Waals surface area (Å²) in [5.41, 5.74) is 1.81. The van der Waals surface area contributed by atoms with E-state index in [9.17, 15) is 9.59 Å². The molecule has 5 heteroatoms. The Balaban J connectivity index is 1.35. The standard InChI is InChI=1S/C27H25ClN2O2/c28-23-12-6-7-13-24(23)30-18-16-29(17-19-30)15-14-27(20-8-2-1-3-9-20)25(31)21-10-4-5-11-22(21)26(27)32/h1-13H,14-19H2. The lowest BCUT2D eigenvalue weighted by molar-refractivity contribution is 0.0767. The van der Waals surface area contributed by atoms with Crippen molar-refractivity contribution >= 4 is 28.9 Å². The maximum atomic E-state index is 13.6. The van der Waals surface area contributed by atoms with E-state index in [1.807, 2.05) is 60.7 Å². The van der Waals surface area contributed by atoms with Crippen LogP contribution in [0, 0.1) is 0 Å². The van der Waals surface area contributed by atoms with Crippen LogP contribution in [-0.2, 0) is 5.41 Å². The molecule has 0 atom stereocenters. The van der Waals surface area contributed by atoms with Gasteiger partial charge in [0.05, 0.1) is 10.7 Å². The van der Waals surface area contributed by atoms with Crippen molar-refractivity contribution in [2.24, 2.45) is 0 Å². The molecule has 0 spiro atoms. The number of hydrogen-bond acceptors (Lipinski definition) is 4. The number of benzene rings is 3. The van der Waals surface area contributed by atoms with Gasteiger partial charge in [-0.15, -0.1) is 0 Å². The van der Waals surface area contributed by atoms with Crippen molar-refractivity contribution in [3.8, 4) is 0 Å². The summed E-state index contributed by atoms with van der Waals surface area (Å²) in [5.74, 6) is -0.141. The molecule has 4 nitrogen and oxygen atoms in total. The van der Waals surface area contributed by atoms with Gasteiger partial charge >= 0.3 is 0 Å². The molecule has 0 N–H and O–H groups in total. The fourth-order valence-electron chi connectivity index (χ4n) is 5.04. The first-order valence-corrected chi connectivity index (χ1v) is 11.4. The zero-order valence-corrected chi connectivity index (χ0v) is 18.6. The third-order valence-corrected chi connectivity index (χ3v) is 7.15. The van der Waals surface area contributed by atoms with E-state index in [0.717, 1.165) is 42.5 Å². The Bertz CT molecular complexity index is 1120. The van der Waals surface area contributed by atoms with E-state index >= 15 is 0 Å². The zero-order chi connectivity index (χ0) is 22.1. The summed E-state index contributed by atoms with van der Waals surface area (Å²) < 4.78 is 0. The van der Waals surface area contributed by atoms with Crippen LogP contribution in [0.3, 0.4) is 0 Å². The van der Waals surface area contributed by atoms with Crippen molar-refractivity contribution in [1.82, 2.24) is 4.90 Å². The lowest BCUT2D eigenvalue weighted by atomic mass is 9.73. The number of rotatable bonds is 5. The van der Waals surface area contributed by atoms with Crippen LogP contribution in [0.4, 0.5) is 5.69 Å². The van der Waals surface area contributed by atoms with Crippen molar-refractivity contribution in [1.29, 1.82) is 0 Å². The van der Waals surface area contributed by atoms with Gasteiger partial charge in [-0.3, -0.25) is 14.5 Å². The second kappa shape index (κ2) is 8.53. The molecule has 3 aromatic carbocycles. The van der Waals surface area contributed by atoms with Crippen LogP contribution in [0.5, 0.6) is 0 Å². The average Bonchev–Trinajstić information content (AvgIpc) is 3.06. The molecular weight excluding hydrogens is 420 g/mol. The van der Waals surface area contributed by atoms with Gasteiger partial charge in [0, 0.05) is 43.9 Å². The van der Waals surface area contributed by atoms with Gasteiger partial charge in [0.1, 0.15) is 5.41 Å². The number of piperazine rings is 1. The molecule has 1 fully saturated rings. The fourth-order valence-corrected chi connectivity index (χ4v) is 5.30. The van der Waals surface area contributed by atoms with Crippen LogP contribution < -0.4 is 4.90 Å². The summed E-state index contributed by atoms with van der Waals surface area (Å²) in [6.07, 6.45) is 0.482. The second-order valence-corrected chi connectivity index (χ2v) is 8.91. The third kappa shape index (κ3) is 3.44. The molecule has 1 aliphatic carbocycles. The summed E-state index contributed by atoms with van der Waals surface area (Å²) >= 11 is 6.37. The largest absolute Gasteiger partial charge is 0.368 e. The van der Waals surface area contributed by atoms with Gasteiger partial charge in [0.25, 0.3) is 0 Å². The average molecular weight is 445 g/mol. The first-order valence-electron chi connectivity index (χ1n) is 11.1. The minimum atomic E-state index is -1.13. The summed E-state index contributed by atoms with van der Waals surface area (Å²) in [4.78, 5) is 31.9. The van der Waals surface area contributed by atoms with E-state index in [0.29, 0.717) is 24.1 Å². The Kier molecular flexibility index (Phi) is 5.58. The van der Waals surface area contributed by atoms with Crippen LogP contribution >= 0.6 is 11.6 Å². The molecular formula is C27H25ClN2O2. The van der Waals surface area contributed by atoms with Gasteiger partial charge in [-0.05, 0) is 24.1 Å². The first kappa shape index (κ1) is 20.9. The van der Waals surface area contributed by atoms with Gasteiger partial charge in [0.2, 0.25) is 0 Å². The van der Waals surface area contributed by atoms with E-state index < -0.39 is 5.41 Å².